The van der Waals surface area contributed by atoms with Gasteiger partial charge in [0.05, 0.1) is 11.0 Å². The van der Waals surface area contributed by atoms with Crippen LogP contribution in [0, 0.1) is 17.8 Å². The van der Waals surface area contributed by atoms with Crippen LogP contribution in [0.15, 0.2) is 16.9 Å². The van der Waals surface area contributed by atoms with E-state index in [0.29, 0.717) is 6.04 Å². The Balaban J connectivity index is 1.39. The Hall–Kier alpha value is -1.12. The van der Waals surface area contributed by atoms with E-state index in [1.165, 1.54) is 58.0 Å². The number of likely N-dealkylation sites (tertiary alicyclic amines) is 1. The van der Waals surface area contributed by atoms with Crippen LogP contribution in [0.3, 0.4) is 0 Å². The summed E-state index contributed by atoms with van der Waals surface area (Å²) >= 11 is 3.39. The van der Waals surface area contributed by atoms with Crippen molar-refractivity contribution in [2.45, 2.75) is 57.4 Å². The Bertz CT molecular complexity index is 578. The van der Waals surface area contributed by atoms with Gasteiger partial charge in [-0.1, -0.05) is 12.3 Å². The van der Waals surface area contributed by atoms with E-state index in [1.807, 2.05) is 12.4 Å². The molecule has 5 heteroatoms. The first-order chi connectivity index (χ1) is 12.2. The molecule has 2 heterocycles. The fourth-order valence-corrected chi connectivity index (χ4v) is 4.09. The van der Waals surface area contributed by atoms with E-state index in [-0.39, 0.29) is 0 Å². The maximum Gasteiger partial charge on any atom is 0.225 e. The maximum absolute atomic E-state index is 4.42. The largest absolute Gasteiger partial charge is 0.341 e. The maximum atomic E-state index is 4.42. The average Bonchev–Trinajstić information content (AvgIpc) is 2.67. The molecule has 136 valence electrons. The van der Waals surface area contributed by atoms with E-state index in [2.05, 4.69) is 54.6 Å². The first-order valence-electron chi connectivity index (χ1n) is 9.61. The van der Waals surface area contributed by atoms with E-state index in [0.717, 1.165) is 29.3 Å². The fraction of sp³-hybridized carbons (Fsp3) is 0.700. The van der Waals surface area contributed by atoms with Crippen LogP contribution in [-0.4, -0.2) is 47.6 Å². The smallest absolute Gasteiger partial charge is 0.225 e. The summed E-state index contributed by atoms with van der Waals surface area (Å²) < 4.78 is 0.927. The van der Waals surface area contributed by atoms with Gasteiger partial charge in [-0.05, 0) is 73.5 Å². The van der Waals surface area contributed by atoms with E-state index in [1.54, 1.807) is 0 Å². The highest BCUT2D eigenvalue weighted by Gasteiger charge is 2.24. The molecular formula is C20H29BrN4. The molecule has 25 heavy (non-hydrogen) atoms. The van der Waals surface area contributed by atoms with E-state index in [4.69, 9.17) is 0 Å². The van der Waals surface area contributed by atoms with Gasteiger partial charge in [0, 0.05) is 31.9 Å². The second kappa shape index (κ2) is 9.54. The quantitative estimate of drug-likeness (QED) is 0.706. The molecule has 2 aliphatic rings. The van der Waals surface area contributed by atoms with Gasteiger partial charge in [0.25, 0.3) is 0 Å². The number of nitrogens with zero attached hydrogens (tertiary/aromatic N) is 4. The zero-order valence-electron chi connectivity index (χ0n) is 15.3. The number of anilines is 1. The topological polar surface area (TPSA) is 32.3 Å². The van der Waals surface area contributed by atoms with Crippen molar-refractivity contribution < 1.29 is 0 Å². The molecule has 2 fully saturated rings. The Morgan fingerprint density at radius 1 is 1.08 bits per heavy atom. The molecule has 1 saturated carbocycles. The minimum Gasteiger partial charge on any atom is -0.341 e. The molecule has 0 spiro atoms. The highest BCUT2D eigenvalue weighted by molar-refractivity contribution is 9.10. The fourth-order valence-electron chi connectivity index (χ4n) is 3.89. The van der Waals surface area contributed by atoms with Crippen LogP contribution >= 0.6 is 15.9 Å². The molecule has 0 amide bonds. The minimum absolute atomic E-state index is 0.554. The SMILES string of the molecule is CN(c1ncc(Br)cn1)[C@H]1CC[C@H](CC#CCN2CCCCC2)CC1. The van der Waals surface area contributed by atoms with Crippen LogP contribution in [0.5, 0.6) is 0 Å². The third-order valence-electron chi connectivity index (χ3n) is 5.55. The lowest BCUT2D eigenvalue weighted by Crippen LogP contribution is -2.36. The zero-order chi connectivity index (χ0) is 17.5. The van der Waals surface area contributed by atoms with Crippen LogP contribution in [0.4, 0.5) is 5.95 Å². The normalized spacial score (nSPS) is 24.4. The standard InChI is InChI=1S/C20H29BrN4/c1-24(20-22-15-18(21)16-23-20)19-10-8-17(9-11-19)7-3-6-14-25-12-4-2-5-13-25/h15-17,19H,2,4-5,7-14H2,1H3/t17-,19-. The zero-order valence-corrected chi connectivity index (χ0v) is 16.8. The van der Waals surface area contributed by atoms with Crippen molar-refractivity contribution in [1.29, 1.82) is 0 Å². The van der Waals surface area contributed by atoms with Crippen molar-refractivity contribution in [2.24, 2.45) is 5.92 Å². The Morgan fingerprint density at radius 2 is 1.76 bits per heavy atom. The van der Waals surface area contributed by atoms with E-state index < -0.39 is 0 Å². The predicted molar refractivity (Wildman–Crippen MR) is 107 cm³/mol. The highest BCUT2D eigenvalue weighted by atomic mass is 79.9. The summed E-state index contributed by atoms with van der Waals surface area (Å²) in [7, 11) is 2.12. The molecule has 0 atom stereocenters. The van der Waals surface area contributed by atoms with Crippen molar-refractivity contribution in [3.8, 4) is 11.8 Å². The van der Waals surface area contributed by atoms with Gasteiger partial charge in [0.1, 0.15) is 0 Å². The first-order valence-corrected chi connectivity index (χ1v) is 10.4. The van der Waals surface area contributed by atoms with Gasteiger partial charge in [-0.25, -0.2) is 9.97 Å². The minimum atomic E-state index is 0.554. The van der Waals surface area contributed by atoms with Crippen molar-refractivity contribution >= 4 is 21.9 Å². The summed E-state index contributed by atoms with van der Waals surface area (Å²) in [5.41, 5.74) is 0. The third-order valence-corrected chi connectivity index (χ3v) is 5.96. The van der Waals surface area contributed by atoms with Crippen LogP contribution in [-0.2, 0) is 0 Å². The van der Waals surface area contributed by atoms with Crippen LogP contribution in [0.1, 0.15) is 51.4 Å². The molecule has 1 aromatic rings. The number of halogens is 1. The average molecular weight is 405 g/mol. The van der Waals surface area contributed by atoms with Gasteiger partial charge < -0.3 is 4.90 Å². The second-order valence-electron chi connectivity index (χ2n) is 7.38. The lowest BCUT2D eigenvalue weighted by Gasteiger charge is -2.34. The Kier molecular flexibility index (Phi) is 7.12. The van der Waals surface area contributed by atoms with Gasteiger partial charge in [0.2, 0.25) is 5.95 Å². The lowest BCUT2D eigenvalue weighted by atomic mass is 9.84. The molecule has 1 aromatic heterocycles. The number of aromatic nitrogens is 2. The molecule has 0 N–H and O–H groups in total. The number of hydrogen-bond acceptors (Lipinski definition) is 4. The molecule has 1 aliphatic heterocycles. The van der Waals surface area contributed by atoms with Gasteiger partial charge >= 0.3 is 0 Å². The molecule has 4 nitrogen and oxygen atoms in total. The summed E-state index contributed by atoms with van der Waals surface area (Å²) in [6, 6.07) is 0.554. The Morgan fingerprint density at radius 3 is 2.44 bits per heavy atom. The lowest BCUT2D eigenvalue weighted by molar-refractivity contribution is 0.255. The van der Waals surface area contributed by atoms with Crippen LogP contribution in [0.2, 0.25) is 0 Å². The summed E-state index contributed by atoms with van der Waals surface area (Å²) in [4.78, 5) is 13.6. The van der Waals surface area contributed by atoms with E-state index in [9.17, 15) is 0 Å². The van der Waals surface area contributed by atoms with Gasteiger partial charge in [0.15, 0.2) is 0 Å². The van der Waals surface area contributed by atoms with E-state index >= 15 is 0 Å². The summed E-state index contributed by atoms with van der Waals surface area (Å²) in [6.07, 6.45) is 13.8. The second-order valence-corrected chi connectivity index (χ2v) is 8.30. The molecule has 1 aliphatic carbocycles. The number of rotatable bonds is 4. The van der Waals surface area contributed by atoms with Crippen LogP contribution in [0.25, 0.3) is 0 Å². The molecule has 3 rings (SSSR count). The van der Waals surface area contributed by atoms with Gasteiger partial charge in [-0.2, -0.15) is 0 Å². The Labute approximate surface area is 160 Å². The predicted octanol–water partition coefficient (Wildman–Crippen LogP) is 4.11. The van der Waals surface area contributed by atoms with Crippen LogP contribution < -0.4 is 4.90 Å². The molecule has 1 saturated heterocycles. The summed E-state index contributed by atoms with van der Waals surface area (Å²) in [5, 5.41) is 0. The van der Waals surface area contributed by atoms with Crippen molar-refractivity contribution in [3.05, 3.63) is 16.9 Å². The molecule has 0 bridgehead atoms. The van der Waals surface area contributed by atoms with Crippen molar-refractivity contribution in [1.82, 2.24) is 14.9 Å². The monoisotopic (exact) mass is 404 g/mol. The first kappa shape index (κ1) is 18.7. The third kappa shape index (κ3) is 5.69. The highest BCUT2D eigenvalue weighted by Crippen LogP contribution is 2.30. The molecular weight excluding hydrogens is 376 g/mol. The van der Waals surface area contributed by atoms with Crippen molar-refractivity contribution in [3.63, 3.8) is 0 Å². The summed E-state index contributed by atoms with van der Waals surface area (Å²) in [6.45, 7) is 3.45. The molecule has 0 unspecified atom stereocenters. The summed E-state index contributed by atoms with van der Waals surface area (Å²) in [5.74, 6) is 8.45. The van der Waals surface area contributed by atoms with Crippen molar-refractivity contribution in [2.75, 3.05) is 31.6 Å². The van der Waals surface area contributed by atoms with Gasteiger partial charge in [-0.15, -0.1) is 5.92 Å². The molecule has 0 radical (unpaired) electrons. The number of hydrogen-bond donors (Lipinski definition) is 0. The van der Waals surface area contributed by atoms with Gasteiger partial charge in [-0.3, -0.25) is 4.90 Å². The number of piperidine rings is 1. The molecule has 0 aromatic carbocycles.